The Morgan fingerprint density at radius 1 is 0.800 bits per heavy atom. The Morgan fingerprint density at radius 3 is 1.87 bits per heavy atom. The van der Waals surface area contributed by atoms with Crippen LogP contribution in [0.25, 0.3) is 0 Å². The maximum Gasteiger partial charge on any atom is 0.326 e. The summed E-state index contributed by atoms with van der Waals surface area (Å²) >= 11 is 0. The summed E-state index contributed by atoms with van der Waals surface area (Å²) in [5.74, 6) is -5.33. The Hall–Kier alpha value is -3.47. The topological polar surface area (TPSA) is 196 Å². The van der Waals surface area contributed by atoms with Crippen LogP contribution in [0.3, 0.4) is 0 Å². The van der Waals surface area contributed by atoms with E-state index >= 15 is 0 Å². The van der Waals surface area contributed by atoms with Crippen molar-refractivity contribution in [1.29, 1.82) is 0 Å². The van der Waals surface area contributed by atoms with Gasteiger partial charge in [-0.3, -0.25) is 19.2 Å². The van der Waals surface area contributed by atoms with Gasteiger partial charge in [0.25, 0.3) is 0 Å². The van der Waals surface area contributed by atoms with E-state index in [0.29, 0.717) is 5.56 Å². The molecule has 0 unspecified atom stereocenters. The van der Waals surface area contributed by atoms with Crippen LogP contribution in [0, 0.1) is 0 Å². The molecule has 1 aromatic rings. The summed E-state index contributed by atoms with van der Waals surface area (Å²) in [6.07, 6.45) is -1.25. The normalized spacial score (nSPS) is 13.5. The van der Waals surface area contributed by atoms with E-state index in [4.69, 9.17) is 15.9 Å². The van der Waals surface area contributed by atoms with E-state index in [2.05, 4.69) is 10.6 Å². The molecule has 0 heterocycles. The van der Waals surface area contributed by atoms with Gasteiger partial charge in [0.1, 0.15) is 12.1 Å². The average Bonchev–Trinajstić information content (AvgIpc) is 2.68. The fourth-order valence-electron chi connectivity index (χ4n) is 2.55. The van der Waals surface area contributed by atoms with Crippen molar-refractivity contribution in [3.8, 4) is 0 Å². The van der Waals surface area contributed by atoms with Crippen LogP contribution in [0.5, 0.6) is 0 Å². The van der Waals surface area contributed by atoms with Crippen LogP contribution in [0.2, 0.25) is 0 Å². The predicted molar refractivity (Wildman–Crippen MR) is 103 cm³/mol. The monoisotopic (exact) mass is 423 g/mol. The number of carbonyl (C=O) groups is 5. The zero-order chi connectivity index (χ0) is 22.7. The molecule has 0 saturated carbocycles. The van der Waals surface area contributed by atoms with Crippen molar-refractivity contribution < 1.29 is 39.3 Å². The van der Waals surface area contributed by atoms with Crippen molar-refractivity contribution in [2.24, 2.45) is 5.73 Å². The number of carboxylic acid groups (broad SMARTS) is 3. The second kappa shape index (κ2) is 12.2. The van der Waals surface area contributed by atoms with Gasteiger partial charge in [-0.25, -0.2) is 4.79 Å². The van der Waals surface area contributed by atoms with E-state index in [-0.39, 0.29) is 25.7 Å². The molecule has 0 aliphatic carbocycles. The van der Waals surface area contributed by atoms with Gasteiger partial charge in [0.15, 0.2) is 0 Å². The molecule has 11 nitrogen and oxygen atoms in total. The zero-order valence-electron chi connectivity index (χ0n) is 16.1. The summed E-state index contributed by atoms with van der Waals surface area (Å²) in [4.78, 5) is 57.6. The summed E-state index contributed by atoms with van der Waals surface area (Å²) in [6, 6.07) is 4.79. The number of amides is 2. The van der Waals surface area contributed by atoms with Gasteiger partial charge >= 0.3 is 17.9 Å². The number of carbonyl (C=O) groups excluding carboxylic acids is 2. The van der Waals surface area contributed by atoms with Crippen LogP contribution in [0.15, 0.2) is 30.3 Å². The molecule has 0 aliphatic heterocycles. The molecule has 7 N–H and O–H groups in total. The van der Waals surface area contributed by atoms with Gasteiger partial charge in [-0.2, -0.15) is 0 Å². The third-order valence-corrected chi connectivity index (χ3v) is 4.18. The molecule has 164 valence electrons. The summed E-state index contributed by atoms with van der Waals surface area (Å²) < 4.78 is 0. The van der Waals surface area contributed by atoms with Crippen LogP contribution >= 0.6 is 0 Å². The third kappa shape index (κ3) is 9.15. The molecular weight excluding hydrogens is 398 g/mol. The highest BCUT2D eigenvalue weighted by Gasteiger charge is 2.28. The number of carboxylic acids is 3. The molecule has 0 fully saturated rings. The maximum atomic E-state index is 12.7. The molecule has 0 saturated heterocycles. The van der Waals surface area contributed by atoms with E-state index in [1.165, 1.54) is 0 Å². The second-order valence-electron chi connectivity index (χ2n) is 6.62. The summed E-state index contributed by atoms with van der Waals surface area (Å²) in [7, 11) is 0. The molecule has 11 heteroatoms. The molecule has 0 spiro atoms. The Balaban J connectivity index is 2.91. The van der Waals surface area contributed by atoms with Crippen molar-refractivity contribution in [1.82, 2.24) is 10.6 Å². The van der Waals surface area contributed by atoms with Crippen molar-refractivity contribution in [3.63, 3.8) is 0 Å². The van der Waals surface area contributed by atoms with Crippen molar-refractivity contribution in [2.75, 3.05) is 0 Å². The minimum absolute atomic E-state index is 0.0231. The molecule has 1 aromatic carbocycles. The maximum absolute atomic E-state index is 12.7. The van der Waals surface area contributed by atoms with E-state index < -0.39 is 54.3 Å². The zero-order valence-corrected chi connectivity index (χ0v) is 16.1. The number of rotatable bonds is 13. The highest BCUT2D eigenvalue weighted by atomic mass is 16.4. The Labute approximate surface area is 172 Å². The number of nitrogens with one attached hydrogen (secondary N) is 2. The lowest BCUT2D eigenvalue weighted by molar-refractivity contribution is -0.143. The van der Waals surface area contributed by atoms with Gasteiger partial charge < -0.3 is 31.7 Å². The molecule has 0 radical (unpaired) electrons. The van der Waals surface area contributed by atoms with E-state index in [1.54, 1.807) is 30.3 Å². The lowest BCUT2D eigenvalue weighted by atomic mass is 10.0. The van der Waals surface area contributed by atoms with Gasteiger partial charge in [-0.15, -0.1) is 0 Å². The van der Waals surface area contributed by atoms with Gasteiger partial charge in [-0.05, 0) is 18.4 Å². The minimum atomic E-state index is -1.45. The smallest absolute Gasteiger partial charge is 0.326 e. The van der Waals surface area contributed by atoms with Crippen molar-refractivity contribution >= 4 is 29.7 Å². The fourth-order valence-corrected chi connectivity index (χ4v) is 2.55. The van der Waals surface area contributed by atoms with E-state index in [9.17, 15) is 29.1 Å². The third-order valence-electron chi connectivity index (χ3n) is 4.18. The molecule has 0 bridgehead atoms. The fraction of sp³-hybridized carbons (Fsp3) is 0.421. The number of hydrogen-bond donors (Lipinski definition) is 6. The van der Waals surface area contributed by atoms with Gasteiger partial charge in [-0.1, -0.05) is 30.3 Å². The van der Waals surface area contributed by atoms with Crippen molar-refractivity contribution in [2.45, 2.75) is 50.2 Å². The summed E-state index contributed by atoms with van der Waals surface area (Å²) in [5.41, 5.74) is 6.35. The quantitative estimate of drug-likeness (QED) is 0.238. The molecular formula is C19H25N3O8. The number of nitrogens with two attached hydrogens (primary N) is 1. The molecule has 30 heavy (non-hydrogen) atoms. The van der Waals surface area contributed by atoms with Gasteiger partial charge in [0.05, 0.1) is 6.04 Å². The molecule has 2 amide bonds. The standard InChI is InChI=1S/C19H25N3O8/c20-12(6-8-15(23)24)17(27)22-14(10-11-4-2-1-3-5-11)18(28)21-13(19(29)30)7-9-16(25)26/h1-5,12-14H,6-10,20H2,(H,21,28)(H,22,27)(H,23,24)(H,25,26)(H,29,30)/t12-,13-,14-/m0/s1. The second-order valence-corrected chi connectivity index (χ2v) is 6.62. The lowest BCUT2D eigenvalue weighted by Gasteiger charge is -2.23. The highest BCUT2D eigenvalue weighted by Crippen LogP contribution is 2.06. The minimum Gasteiger partial charge on any atom is -0.481 e. The van der Waals surface area contributed by atoms with Crippen LogP contribution in [-0.4, -0.2) is 63.2 Å². The first-order valence-corrected chi connectivity index (χ1v) is 9.16. The van der Waals surface area contributed by atoms with E-state index in [0.717, 1.165) is 0 Å². The Morgan fingerprint density at radius 2 is 1.33 bits per heavy atom. The highest BCUT2D eigenvalue weighted by molar-refractivity contribution is 5.92. The van der Waals surface area contributed by atoms with E-state index in [1.807, 2.05) is 0 Å². The summed E-state index contributed by atoms with van der Waals surface area (Å²) in [5, 5.41) is 31.3. The number of hydrogen-bond acceptors (Lipinski definition) is 6. The first kappa shape index (κ1) is 24.6. The van der Waals surface area contributed by atoms with Crippen LogP contribution in [0.1, 0.15) is 31.2 Å². The predicted octanol–water partition coefficient (Wildman–Crippen LogP) is -0.660. The molecule has 0 aromatic heterocycles. The first-order valence-electron chi connectivity index (χ1n) is 9.16. The Kier molecular flexibility index (Phi) is 9.97. The number of benzene rings is 1. The molecule has 3 atom stereocenters. The van der Waals surface area contributed by atoms with Crippen LogP contribution in [0.4, 0.5) is 0 Å². The van der Waals surface area contributed by atoms with Crippen LogP contribution in [-0.2, 0) is 30.4 Å². The summed E-state index contributed by atoms with van der Waals surface area (Å²) in [6.45, 7) is 0. The molecule has 1 rings (SSSR count). The number of aliphatic carboxylic acids is 3. The van der Waals surface area contributed by atoms with Crippen molar-refractivity contribution in [3.05, 3.63) is 35.9 Å². The lowest BCUT2D eigenvalue weighted by Crippen LogP contribution is -2.55. The Bertz CT molecular complexity index is 768. The van der Waals surface area contributed by atoms with Gasteiger partial charge in [0, 0.05) is 19.3 Å². The molecule has 0 aliphatic rings. The van der Waals surface area contributed by atoms with Gasteiger partial charge in [0.2, 0.25) is 11.8 Å². The largest absolute Gasteiger partial charge is 0.481 e. The SMILES string of the molecule is N[C@@H](CCC(=O)O)C(=O)N[C@@H](Cc1ccccc1)C(=O)N[C@@H](CCC(=O)O)C(=O)O. The first-order chi connectivity index (χ1) is 14.1. The van der Waals surface area contributed by atoms with Crippen LogP contribution < -0.4 is 16.4 Å². The average molecular weight is 423 g/mol.